The van der Waals surface area contributed by atoms with Crippen molar-refractivity contribution in [1.82, 2.24) is 20.2 Å². The Morgan fingerprint density at radius 2 is 2.03 bits per heavy atom. The van der Waals surface area contributed by atoms with E-state index < -0.39 is 0 Å². The number of nitrogens with one attached hydrogen (secondary N) is 2. The minimum absolute atomic E-state index is 0.114. The van der Waals surface area contributed by atoms with Crippen LogP contribution in [0.5, 0.6) is 11.5 Å². The normalized spacial score (nSPS) is 14.5. The van der Waals surface area contributed by atoms with E-state index in [1.807, 2.05) is 54.7 Å². The first-order chi connectivity index (χ1) is 16.2. The molecule has 1 amide bonds. The number of benzene rings is 3. The molecule has 0 atom stereocenters. The molecule has 7 nitrogen and oxygen atoms in total. The van der Waals surface area contributed by atoms with Crippen LogP contribution in [0, 0.1) is 11.3 Å². The molecule has 1 aliphatic rings. The zero-order chi connectivity index (χ0) is 22.6. The second-order valence-electron chi connectivity index (χ2n) is 8.03. The number of aromatic nitrogens is 2. The molecule has 0 unspecified atom stereocenters. The lowest BCUT2D eigenvalue weighted by Crippen LogP contribution is -2.27. The third kappa shape index (κ3) is 4.43. The first-order valence-electron chi connectivity index (χ1n) is 10.9. The largest absolute Gasteiger partial charge is 0.456 e. The number of imidazole rings is 1. The third-order valence-corrected chi connectivity index (χ3v) is 5.77. The maximum atomic E-state index is 12.9. The van der Waals surface area contributed by atoms with Gasteiger partial charge in [-0.2, -0.15) is 5.26 Å². The number of ether oxygens (including phenoxy) is 1. The van der Waals surface area contributed by atoms with Crippen LogP contribution in [0.1, 0.15) is 33.6 Å². The topological polar surface area (TPSA) is 92.0 Å². The van der Waals surface area contributed by atoms with Gasteiger partial charge in [0.25, 0.3) is 5.91 Å². The van der Waals surface area contributed by atoms with Crippen molar-refractivity contribution >= 4 is 16.7 Å². The van der Waals surface area contributed by atoms with Gasteiger partial charge < -0.3 is 19.9 Å². The fourth-order valence-electron chi connectivity index (χ4n) is 4.04. The van der Waals surface area contributed by atoms with E-state index >= 15 is 0 Å². The molecule has 0 spiro atoms. The van der Waals surface area contributed by atoms with Gasteiger partial charge in [0.2, 0.25) is 0 Å². The number of hydrogen-bond acceptors (Lipinski definition) is 5. The molecule has 0 saturated heterocycles. The molecule has 7 heteroatoms. The Kier molecular flexibility index (Phi) is 5.75. The molecule has 33 heavy (non-hydrogen) atoms. The molecular weight excluding hydrogens is 414 g/mol. The molecule has 1 aromatic heterocycles. The van der Waals surface area contributed by atoms with Gasteiger partial charge in [-0.25, -0.2) is 4.98 Å². The lowest BCUT2D eigenvalue weighted by molar-refractivity contribution is 0.0955. The Hall–Kier alpha value is -4.15. The van der Waals surface area contributed by atoms with Crippen molar-refractivity contribution < 1.29 is 9.53 Å². The minimum Gasteiger partial charge on any atom is -0.456 e. The predicted molar refractivity (Wildman–Crippen MR) is 125 cm³/mol. The number of amides is 1. The van der Waals surface area contributed by atoms with Gasteiger partial charge in [-0.15, -0.1) is 0 Å². The quantitative estimate of drug-likeness (QED) is 0.434. The molecule has 164 valence electrons. The van der Waals surface area contributed by atoms with Crippen molar-refractivity contribution in [2.75, 3.05) is 13.1 Å². The van der Waals surface area contributed by atoms with Gasteiger partial charge >= 0.3 is 0 Å². The second kappa shape index (κ2) is 9.15. The fourth-order valence-corrected chi connectivity index (χ4v) is 4.04. The van der Waals surface area contributed by atoms with Crippen molar-refractivity contribution in [2.24, 2.45) is 0 Å². The summed E-state index contributed by atoms with van der Waals surface area (Å²) in [4.78, 5) is 17.2. The first kappa shape index (κ1) is 20.7. The molecule has 0 aliphatic carbocycles. The molecule has 1 aliphatic heterocycles. The molecule has 0 fully saturated rings. The molecule has 2 N–H and O–H groups in total. The van der Waals surface area contributed by atoms with Crippen molar-refractivity contribution in [1.29, 1.82) is 5.26 Å². The number of rotatable bonds is 0. The van der Waals surface area contributed by atoms with Crippen molar-refractivity contribution in [3.8, 4) is 17.6 Å². The van der Waals surface area contributed by atoms with Crippen LogP contribution in [0.4, 0.5) is 0 Å². The Labute approximate surface area is 191 Å². The van der Waals surface area contributed by atoms with Crippen LogP contribution in [-0.2, 0) is 13.1 Å². The molecule has 0 radical (unpaired) electrons. The third-order valence-electron chi connectivity index (χ3n) is 5.77. The molecule has 2 heterocycles. The average Bonchev–Trinajstić information content (AvgIpc) is 3.27. The van der Waals surface area contributed by atoms with Crippen LogP contribution in [-0.4, -0.2) is 28.5 Å². The highest BCUT2D eigenvalue weighted by Gasteiger charge is 2.13. The van der Waals surface area contributed by atoms with E-state index in [2.05, 4.69) is 26.3 Å². The molecule has 3 aromatic carbocycles. The van der Waals surface area contributed by atoms with E-state index in [1.165, 1.54) is 0 Å². The minimum atomic E-state index is -0.114. The summed E-state index contributed by atoms with van der Waals surface area (Å²) in [7, 11) is 0. The van der Waals surface area contributed by atoms with Crippen molar-refractivity contribution in [3.05, 3.63) is 89.5 Å². The summed E-state index contributed by atoms with van der Waals surface area (Å²) in [5.41, 5.74) is 3.12. The number of hydrogen-bond donors (Lipinski definition) is 2. The summed E-state index contributed by atoms with van der Waals surface area (Å²) in [5.74, 6) is 0.943. The van der Waals surface area contributed by atoms with Gasteiger partial charge in [-0.3, -0.25) is 4.79 Å². The van der Waals surface area contributed by atoms with Crippen LogP contribution in [0.25, 0.3) is 10.8 Å². The Morgan fingerprint density at radius 3 is 2.94 bits per heavy atom. The van der Waals surface area contributed by atoms with Gasteiger partial charge in [-0.05, 0) is 59.6 Å². The monoisotopic (exact) mass is 437 g/mol. The predicted octanol–water partition coefficient (Wildman–Crippen LogP) is 3.97. The number of nitriles is 1. The van der Waals surface area contributed by atoms with Crippen LogP contribution < -0.4 is 15.4 Å². The Bertz CT molecular complexity index is 1370. The standard InChI is InChI=1S/C26H23N5O2/c27-13-20-6-5-18-11-25(20)33-22-8-7-19-3-1-4-23(24(19)12-22)26(32)30-10-2-9-28-14-21-15-29-17-31(21)16-18/h1,3-8,11-12,15,17,28H,2,9-10,14,16H2,(H,30,32). The summed E-state index contributed by atoms with van der Waals surface area (Å²) in [6, 6.07) is 19.1. The van der Waals surface area contributed by atoms with Gasteiger partial charge in [0, 0.05) is 31.4 Å². The summed E-state index contributed by atoms with van der Waals surface area (Å²) in [6.45, 7) is 2.65. The van der Waals surface area contributed by atoms with E-state index in [-0.39, 0.29) is 5.91 Å². The SMILES string of the molecule is N#Cc1ccc2cc1Oc1ccc3cccc(c3c1)C(=O)NCCCNCc1cncn1C2. The van der Waals surface area contributed by atoms with E-state index in [0.717, 1.165) is 35.0 Å². The number of carbonyl (C=O) groups is 1. The van der Waals surface area contributed by atoms with E-state index in [9.17, 15) is 10.1 Å². The smallest absolute Gasteiger partial charge is 0.251 e. The average molecular weight is 438 g/mol. The zero-order valence-electron chi connectivity index (χ0n) is 18.0. The van der Waals surface area contributed by atoms with Crippen LogP contribution in [0.15, 0.2) is 67.1 Å². The maximum Gasteiger partial charge on any atom is 0.251 e. The number of nitrogens with zero attached hydrogens (tertiary/aromatic N) is 3. The molecular formula is C26H23N5O2. The number of fused-ring (bicyclic) bond motifs is 4. The highest BCUT2D eigenvalue weighted by atomic mass is 16.5. The molecule has 4 aromatic rings. The van der Waals surface area contributed by atoms with Crippen molar-refractivity contribution in [2.45, 2.75) is 19.5 Å². The summed E-state index contributed by atoms with van der Waals surface area (Å²) in [6.07, 6.45) is 4.47. The van der Waals surface area contributed by atoms with Gasteiger partial charge in [0.05, 0.1) is 17.6 Å². The number of carbonyl (C=O) groups excluding carboxylic acids is 1. The zero-order valence-corrected chi connectivity index (χ0v) is 18.0. The van der Waals surface area contributed by atoms with Gasteiger partial charge in [0.1, 0.15) is 17.6 Å². The molecule has 4 bridgehead atoms. The highest BCUT2D eigenvalue weighted by molar-refractivity contribution is 6.07. The fraction of sp³-hybridized carbons (Fsp3) is 0.192. The summed E-state index contributed by atoms with van der Waals surface area (Å²) in [5, 5.41) is 17.8. The maximum absolute atomic E-state index is 12.9. The van der Waals surface area contributed by atoms with Gasteiger partial charge in [0.15, 0.2) is 0 Å². The van der Waals surface area contributed by atoms with Crippen LogP contribution >= 0.6 is 0 Å². The lowest BCUT2D eigenvalue weighted by Gasteiger charge is -2.14. The molecule has 5 rings (SSSR count). The second-order valence-corrected chi connectivity index (χ2v) is 8.03. The van der Waals surface area contributed by atoms with E-state index in [4.69, 9.17) is 4.74 Å². The van der Waals surface area contributed by atoms with E-state index in [0.29, 0.717) is 42.3 Å². The van der Waals surface area contributed by atoms with E-state index in [1.54, 1.807) is 12.4 Å². The van der Waals surface area contributed by atoms with Gasteiger partial charge in [-0.1, -0.05) is 24.3 Å². The van der Waals surface area contributed by atoms with Crippen molar-refractivity contribution in [3.63, 3.8) is 0 Å². The summed E-state index contributed by atoms with van der Waals surface area (Å²) < 4.78 is 8.24. The first-order valence-corrected chi connectivity index (χ1v) is 10.9. The highest BCUT2D eigenvalue weighted by Crippen LogP contribution is 2.30. The Balaban J connectivity index is 1.57. The van der Waals surface area contributed by atoms with Crippen LogP contribution in [0.2, 0.25) is 0 Å². The Morgan fingerprint density at radius 1 is 1.09 bits per heavy atom. The van der Waals surface area contributed by atoms with Crippen LogP contribution in [0.3, 0.4) is 0 Å². The molecule has 0 saturated carbocycles. The lowest BCUT2D eigenvalue weighted by atomic mass is 10.0. The summed E-state index contributed by atoms with van der Waals surface area (Å²) >= 11 is 0.